The Kier molecular flexibility index (Phi) is 4.85. The molecule has 2 aliphatic rings. The standard InChI is InChI=1S/C21H22N2O3S/c24-21-9-4-12-23(21)19-8-3-5-16(13-19)15-22-27(25,26)20-11-10-17-6-1-2-7-18(17)14-20/h1-3,5-8,13-14,22H,4,9-12,15H2. The third kappa shape index (κ3) is 3.82. The lowest BCUT2D eigenvalue weighted by atomic mass is 9.98. The Morgan fingerprint density at radius 3 is 2.67 bits per heavy atom. The van der Waals surface area contributed by atoms with Crippen LogP contribution < -0.4 is 9.62 Å². The monoisotopic (exact) mass is 382 g/mol. The zero-order valence-corrected chi connectivity index (χ0v) is 15.8. The number of carbonyl (C=O) groups excluding carboxylic acids is 1. The number of aryl methyl sites for hydroxylation is 1. The minimum Gasteiger partial charge on any atom is -0.312 e. The number of benzene rings is 2. The summed E-state index contributed by atoms with van der Waals surface area (Å²) >= 11 is 0. The first-order valence-corrected chi connectivity index (χ1v) is 10.7. The van der Waals surface area contributed by atoms with Crippen molar-refractivity contribution in [3.05, 3.63) is 70.1 Å². The van der Waals surface area contributed by atoms with Gasteiger partial charge < -0.3 is 4.90 Å². The van der Waals surface area contributed by atoms with Gasteiger partial charge in [-0.05, 0) is 54.2 Å². The van der Waals surface area contributed by atoms with Crippen LogP contribution in [-0.2, 0) is 27.8 Å². The molecule has 5 nitrogen and oxygen atoms in total. The molecule has 6 heteroatoms. The Hall–Kier alpha value is -2.44. The van der Waals surface area contributed by atoms with Gasteiger partial charge in [-0.1, -0.05) is 36.4 Å². The topological polar surface area (TPSA) is 66.5 Å². The minimum atomic E-state index is -3.54. The van der Waals surface area contributed by atoms with E-state index in [0.717, 1.165) is 36.2 Å². The van der Waals surface area contributed by atoms with Gasteiger partial charge in [0, 0.05) is 25.2 Å². The quantitative estimate of drug-likeness (QED) is 0.863. The molecule has 4 rings (SSSR count). The predicted octanol–water partition coefficient (Wildman–Crippen LogP) is 3.22. The smallest absolute Gasteiger partial charge is 0.237 e. The van der Waals surface area contributed by atoms with Gasteiger partial charge >= 0.3 is 0 Å². The van der Waals surface area contributed by atoms with Crippen LogP contribution in [0.1, 0.15) is 36.0 Å². The summed E-state index contributed by atoms with van der Waals surface area (Å²) in [7, 11) is -3.54. The molecule has 1 aliphatic heterocycles. The van der Waals surface area contributed by atoms with E-state index in [1.807, 2.05) is 48.5 Å². The van der Waals surface area contributed by atoms with Gasteiger partial charge in [0.2, 0.25) is 15.9 Å². The van der Waals surface area contributed by atoms with Gasteiger partial charge in [0.05, 0.1) is 4.91 Å². The Morgan fingerprint density at radius 1 is 1.00 bits per heavy atom. The van der Waals surface area contributed by atoms with Crippen molar-refractivity contribution in [3.63, 3.8) is 0 Å². The fourth-order valence-corrected chi connectivity index (χ4v) is 4.84. The molecule has 140 valence electrons. The first-order valence-electron chi connectivity index (χ1n) is 9.20. The van der Waals surface area contributed by atoms with E-state index in [1.54, 1.807) is 11.0 Å². The number of nitrogens with one attached hydrogen (secondary N) is 1. The van der Waals surface area contributed by atoms with E-state index in [1.165, 1.54) is 5.56 Å². The number of amides is 1. The van der Waals surface area contributed by atoms with Crippen LogP contribution in [0, 0.1) is 0 Å². The highest BCUT2D eigenvalue weighted by Crippen LogP contribution is 2.27. The van der Waals surface area contributed by atoms with Crippen LogP contribution in [-0.4, -0.2) is 20.9 Å². The fourth-order valence-electron chi connectivity index (χ4n) is 3.64. The Morgan fingerprint density at radius 2 is 1.85 bits per heavy atom. The third-order valence-electron chi connectivity index (χ3n) is 5.12. The van der Waals surface area contributed by atoms with Crippen molar-refractivity contribution in [2.24, 2.45) is 0 Å². The molecular weight excluding hydrogens is 360 g/mol. The van der Waals surface area contributed by atoms with Gasteiger partial charge in [-0.15, -0.1) is 0 Å². The molecule has 1 fully saturated rings. The molecule has 1 amide bonds. The lowest BCUT2D eigenvalue weighted by Crippen LogP contribution is -2.26. The average Bonchev–Trinajstić information content (AvgIpc) is 3.12. The summed E-state index contributed by atoms with van der Waals surface area (Å²) in [6, 6.07) is 15.4. The fraction of sp³-hybridized carbons (Fsp3) is 0.286. The summed E-state index contributed by atoms with van der Waals surface area (Å²) in [5.74, 6) is 0.124. The molecular formula is C21H22N2O3S. The first kappa shape index (κ1) is 17.9. The van der Waals surface area contributed by atoms with Crippen molar-refractivity contribution in [2.45, 2.75) is 32.2 Å². The maximum Gasteiger partial charge on any atom is 0.237 e. The molecule has 2 aromatic rings. The van der Waals surface area contributed by atoms with Crippen molar-refractivity contribution < 1.29 is 13.2 Å². The second-order valence-corrected chi connectivity index (χ2v) is 8.77. The minimum absolute atomic E-state index is 0.124. The van der Waals surface area contributed by atoms with Crippen LogP contribution in [0.2, 0.25) is 0 Å². The van der Waals surface area contributed by atoms with Gasteiger partial charge in [0.1, 0.15) is 0 Å². The van der Waals surface area contributed by atoms with Crippen molar-refractivity contribution in [2.75, 3.05) is 11.4 Å². The number of hydrogen-bond donors (Lipinski definition) is 1. The van der Waals surface area contributed by atoms with E-state index < -0.39 is 10.0 Å². The van der Waals surface area contributed by atoms with Gasteiger partial charge in [0.25, 0.3) is 0 Å². The molecule has 1 N–H and O–H groups in total. The van der Waals surface area contributed by atoms with E-state index in [-0.39, 0.29) is 12.5 Å². The lowest BCUT2D eigenvalue weighted by molar-refractivity contribution is -0.117. The largest absolute Gasteiger partial charge is 0.312 e. The zero-order valence-electron chi connectivity index (χ0n) is 15.0. The normalized spacial score (nSPS) is 17.0. The Bertz CT molecular complexity index is 1010. The van der Waals surface area contributed by atoms with Crippen LogP contribution >= 0.6 is 0 Å². The van der Waals surface area contributed by atoms with Crippen molar-refractivity contribution in [3.8, 4) is 0 Å². The molecule has 1 heterocycles. The molecule has 0 radical (unpaired) electrons. The van der Waals surface area contributed by atoms with Crippen LogP contribution in [0.15, 0.2) is 53.4 Å². The van der Waals surface area contributed by atoms with E-state index in [9.17, 15) is 13.2 Å². The summed E-state index contributed by atoms with van der Waals surface area (Å²) in [6.45, 7) is 0.928. The van der Waals surface area contributed by atoms with Crippen LogP contribution in [0.3, 0.4) is 0 Å². The van der Waals surface area contributed by atoms with Crippen molar-refractivity contribution in [1.82, 2.24) is 4.72 Å². The van der Waals surface area contributed by atoms with E-state index in [2.05, 4.69) is 4.72 Å². The number of carbonyl (C=O) groups is 1. The van der Waals surface area contributed by atoms with Gasteiger partial charge in [-0.2, -0.15) is 0 Å². The Labute approximate surface area is 159 Å². The van der Waals surface area contributed by atoms with E-state index in [0.29, 0.717) is 17.7 Å². The highest BCUT2D eigenvalue weighted by molar-refractivity contribution is 7.93. The Balaban J connectivity index is 1.49. The van der Waals surface area contributed by atoms with E-state index >= 15 is 0 Å². The molecule has 0 saturated carbocycles. The van der Waals surface area contributed by atoms with Crippen molar-refractivity contribution in [1.29, 1.82) is 0 Å². The summed E-state index contributed by atoms with van der Waals surface area (Å²) in [4.78, 5) is 14.1. The second kappa shape index (κ2) is 7.29. The van der Waals surface area contributed by atoms with Gasteiger partial charge in [-0.25, -0.2) is 13.1 Å². The SMILES string of the molecule is O=C1CCCN1c1cccc(CNS(=O)(=O)C2=Cc3ccccc3CC2)c1. The number of sulfonamides is 1. The molecule has 0 aromatic heterocycles. The maximum atomic E-state index is 12.7. The van der Waals surface area contributed by atoms with Crippen molar-refractivity contribution >= 4 is 27.7 Å². The molecule has 27 heavy (non-hydrogen) atoms. The van der Waals surface area contributed by atoms with Crippen LogP contribution in [0.4, 0.5) is 5.69 Å². The molecule has 1 aliphatic carbocycles. The maximum absolute atomic E-state index is 12.7. The molecule has 0 bridgehead atoms. The number of fused-ring (bicyclic) bond motifs is 1. The third-order valence-corrected chi connectivity index (χ3v) is 6.66. The number of nitrogens with zero attached hydrogens (tertiary/aromatic N) is 1. The highest BCUT2D eigenvalue weighted by atomic mass is 32.2. The van der Waals surface area contributed by atoms with E-state index in [4.69, 9.17) is 0 Å². The molecule has 1 saturated heterocycles. The molecule has 0 spiro atoms. The summed E-state index contributed by atoms with van der Waals surface area (Å²) in [5, 5.41) is 0. The first-order chi connectivity index (χ1) is 13.0. The number of rotatable bonds is 5. The number of anilines is 1. The summed E-state index contributed by atoms with van der Waals surface area (Å²) in [6.07, 6.45) is 4.45. The van der Waals surface area contributed by atoms with Gasteiger partial charge in [-0.3, -0.25) is 4.79 Å². The number of allylic oxidation sites excluding steroid dienone is 1. The number of hydrogen-bond acceptors (Lipinski definition) is 3. The molecule has 0 unspecified atom stereocenters. The second-order valence-electron chi connectivity index (χ2n) is 6.95. The lowest BCUT2D eigenvalue weighted by Gasteiger charge is -2.18. The van der Waals surface area contributed by atoms with Crippen LogP contribution in [0.25, 0.3) is 6.08 Å². The summed E-state index contributed by atoms with van der Waals surface area (Å²) in [5.41, 5.74) is 3.82. The molecule has 0 atom stereocenters. The average molecular weight is 382 g/mol. The highest BCUT2D eigenvalue weighted by Gasteiger charge is 2.23. The molecule has 2 aromatic carbocycles. The van der Waals surface area contributed by atoms with Crippen LogP contribution in [0.5, 0.6) is 0 Å². The summed E-state index contributed by atoms with van der Waals surface area (Å²) < 4.78 is 28.1. The van der Waals surface area contributed by atoms with Gasteiger partial charge in [0.15, 0.2) is 0 Å². The predicted molar refractivity (Wildman–Crippen MR) is 107 cm³/mol. The zero-order chi connectivity index (χ0) is 18.9.